The minimum Gasteiger partial charge on any atom is -0.465 e. The highest BCUT2D eigenvalue weighted by molar-refractivity contribution is 6.03. The average Bonchev–Trinajstić information content (AvgIpc) is 3.42. The molecule has 0 radical (unpaired) electrons. The molecule has 3 aromatic carbocycles. The second kappa shape index (κ2) is 5.57. The van der Waals surface area contributed by atoms with Gasteiger partial charge in [-0.05, 0) is 47.6 Å². The fourth-order valence-electron chi connectivity index (χ4n) is 5.43. The second-order valence-corrected chi connectivity index (χ2v) is 7.81. The highest BCUT2D eigenvalue weighted by atomic mass is 16.6. The van der Waals surface area contributed by atoms with Crippen molar-refractivity contribution in [2.45, 2.75) is 24.9 Å². The van der Waals surface area contributed by atoms with Gasteiger partial charge in [-0.2, -0.15) is 0 Å². The van der Waals surface area contributed by atoms with Crippen molar-refractivity contribution < 1.29 is 19.1 Å². The lowest BCUT2D eigenvalue weighted by molar-refractivity contribution is 0.0264. The minimum atomic E-state index is -1.01. The Morgan fingerprint density at radius 2 is 1.55 bits per heavy atom. The second-order valence-electron chi connectivity index (χ2n) is 7.81. The van der Waals surface area contributed by atoms with Crippen molar-refractivity contribution in [3.05, 3.63) is 93.5 Å². The molecule has 1 heterocycles. The van der Waals surface area contributed by atoms with E-state index in [-0.39, 0.29) is 11.9 Å². The van der Waals surface area contributed by atoms with E-state index in [1.807, 2.05) is 42.5 Å². The van der Waals surface area contributed by atoms with Crippen LogP contribution in [0.25, 0.3) is 11.1 Å². The number of carbonyl (C=O) groups excluding carboxylic acids is 2. The van der Waals surface area contributed by atoms with Crippen molar-refractivity contribution in [2.75, 3.05) is 7.11 Å². The molecule has 1 spiro atoms. The van der Waals surface area contributed by atoms with Crippen molar-refractivity contribution in [3.8, 4) is 11.1 Å². The van der Waals surface area contributed by atoms with Crippen LogP contribution in [0.4, 0.5) is 0 Å². The molecule has 1 aliphatic heterocycles. The third-order valence-corrected chi connectivity index (χ3v) is 6.54. The lowest BCUT2D eigenvalue weighted by Crippen LogP contribution is -2.27. The number of ether oxygens (including phenoxy) is 2. The summed E-state index contributed by atoms with van der Waals surface area (Å²) in [4.78, 5) is 25.8. The predicted molar refractivity (Wildman–Crippen MR) is 107 cm³/mol. The third-order valence-electron chi connectivity index (χ3n) is 6.54. The number of carbonyl (C=O) groups is 2. The largest absolute Gasteiger partial charge is 0.465 e. The Bertz CT molecular complexity index is 1190. The van der Waals surface area contributed by atoms with Gasteiger partial charge in [0, 0.05) is 16.7 Å². The van der Waals surface area contributed by atoms with Crippen LogP contribution in [-0.4, -0.2) is 19.0 Å². The van der Waals surface area contributed by atoms with E-state index in [2.05, 4.69) is 12.1 Å². The van der Waals surface area contributed by atoms with Crippen molar-refractivity contribution in [1.29, 1.82) is 0 Å². The summed E-state index contributed by atoms with van der Waals surface area (Å²) in [6.07, 6.45) is 2.47. The molecule has 3 aromatic rings. The first kappa shape index (κ1) is 16.5. The fourth-order valence-corrected chi connectivity index (χ4v) is 5.43. The maximum Gasteiger partial charge on any atom is 0.340 e. The molecule has 0 bridgehead atoms. The molecule has 3 aliphatic rings. The zero-order valence-electron chi connectivity index (χ0n) is 16.0. The zero-order valence-corrected chi connectivity index (χ0v) is 16.0. The highest BCUT2D eigenvalue weighted by Crippen LogP contribution is 2.58. The summed E-state index contributed by atoms with van der Waals surface area (Å²) in [5.74, 6) is -0.666. The molecule has 0 unspecified atom stereocenters. The Morgan fingerprint density at radius 1 is 0.931 bits per heavy atom. The molecule has 0 aromatic heterocycles. The van der Waals surface area contributed by atoms with Gasteiger partial charge in [0.25, 0.3) is 0 Å². The first-order valence-corrected chi connectivity index (χ1v) is 9.87. The molecule has 0 amide bonds. The van der Waals surface area contributed by atoms with Crippen molar-refractivity contribution in [3.63, 3.8) is 0 Å². The smallest absolute Gasteiger partial charge is 0.340 e. The van der Waals surface area contributed by atoms with Crippen LogP contribution in [0.1, 0.15) is 55.0 Å². The molecule has 4 nitrogen and oxygen atoms in total. The van der Waals surface area contributed by atoms with Crippen LogP contribution in [0, 0.1) is 0 Å². The van der Waals surface area contributed by atoms with Gasteiger partial charge in [-0.15, -0.1) is 0 Å². The number of hydrogen-bond acceptors (Lipinski definition) is 4. The first-order chi connectivity index (χ1) is 14.2. The molecule has 4 heteroatoms. The number of esters is 2. The summed E-state index contributed by atoms with van der Waals surface area (Å²) >= 11 is 0. The van der Waals surface area contributed by atoms with Gasteiger partial charge < -0.3 is 9.47 Å². The van der Waals surface area contributed by atoms with E-state index in [1.54, 1.807) is 0 Å². The van der Waals surface area contributed by atoms with E-state index in [1.165, 1.54) is 7.11 Å². The molecule has 0 N–H and O–H groups in total. The Balaban J connectivity index is 1.75. The van der Waals surface area contributed by atoms with Gasteiger partial charge in [-0.25, -0.2) is 9.59 Å². The number of benzene rings is 3. The van der Waals surface area contributed by atoms with Crippen molar-refractivity contribution >= 4 is 11.9 Å². The van der Waals surface area contributed by atoms with E-state index in [4.69, 9.17) is 9.47 Å². The molecule has 0 saturated heterocycles. The molecule has 0 fully saturated rings. The minimum absolute atomic E-state index is 0.305. The number of hydrogen-bond donors (Lipinski definition) is 0. The maximum absolute atomic E-state index is 13.2. The lowest BCUT2D eigenvalue weighted by Gasteiger charge is -2.27. The predicted octanol–water partition coefficient (Wildman–Crippen LogP) is 4.40. The van der Waals surface area contributed by atoms with E-state index < -0.39 is 5.60 Å². The van der Waals surface area contributed by atoms with Crippen molar-refractivity contribution in [1.82, 2.24) is 0 Å². The summed E-state index contributed by atoms with van der Waals surface area (Å²) in [6.45, 7) is 0. The Labute approximate surface area is 168 Å². The quantitative estimate of drug-likeness (QED) is 0.585. The molecule has 29 heavy (non-hydrogen) atoms. The normalized spacial score (nSPS) is 16.8. The Kier molecular flexibility index (Phi) is 3.18. The highest BCUT2D eigenvalue weighted by Gasteiger charge is 2.55. The van der Waals surface area contributed by atoms with Crippen molar-refractivity contribution in [2.24, 2.45) is 0 Å². The van der Waals surface area contributed by atoms with Crippen LogP contribution >= 0.6 is 0 Å². The standard InChI is InChI=1S/C25H18O4/c1-28-23(26)18-13-21-22(17-10-6-9-14(17)18)24(27)29-25(21)19-11-4-2-7-15(19)16-8-3-5-12-20(16)25/h2-5,7-8,11-13H,6,9-10H2,1H3. The summed E-state index contributed by atoms with van der Waals surface area (Å²) in [5, 5.41) is 0. The fraction of sp³-hybridized carbons (Fsp3) is 0.200. The maximum atomic E-state index is 13.2. The van der Waals surface area contributed by atoms with E-state index in [9.17, 15) is 9.59 Å². The van der Waals surface area contributed by atoms with E-state index in [0.29, 0.717) is 11.1 Å². The van der Waals surface area contributed by atoms with Gasteiger partial charge in [-0.3, -0.25) is 0 Å². The number of rotatable bonds is 1. The topological polar surface area (TPSA) is 52.6 Å². The van der Waals surface area contributed by atoms with Crippen LogP contribution in [0.5, 0.6) is 0 Å². The van der Waals surface area contributed by atoms with Crippen LogP contribution in [0.3, 0.4) is 0 Å². The monoisotopic (exact) mass is 382 g/mol. The van der Waals surface area contributed by atoms with Crippen LogP contribution in [-0.2, 0) is 27.9 Å². The molecule has 0 saturated carbocycles. The molecule has 142 valence electrons. The summed E-state index contributed by atoms with van der Waals surface area (Å²) < 4.78 is 11.3. The van der Waals surface area contributed by atoms with Gasteiger partial charge in [0.15, 0.2) is 5.60 Å². The van der Waals surface area contributed by atoms with Gasteiger partial charge in [0.2, 0.25) is 0 Å². The zero-order chi connectivity index (χ0) is 19.8. The van der Waals surface area contributed by atoms with Crippen LogP contribution in [0.15, 0.2) is 54.6 Å². The molecule has 0 atom stereocenters. The molecule has 6 rings (SSSR count). The third kappa shape index (κ3) is 1.89. The molecule has 2 aliphatic carbocycles. The van der Waals surface area contributed by atoms with Gasteiger partial charge in [-0.1, -0.05) is 48.5 Å². The van der Waals surface area contributed by atoms with Crippen LogP contribution < -0.4 is 0 Å². The Hall–Kier alpha value is -3.40. The van der Waals surface area contributed by atoms with E-state index >= 15 is 0 Å². The summed E-state index contributed by atoms with van der Waals surface area (Å²) in [5.41, 5.74) is 6.84. The lowest BCUT2D eigenvalue weighted by atomic mass is 9.80. The SMILES string of the molecule is COC(=O)c1cc2c(c3c1CCC3)C(=O)OC21c2ccccc2-c2ccccc21. The molecular formula is C25H18O4. The Morgan fingerprint density at radius 3 is 2.21 bits per heavy atom. The van der Waals surface area contributed by atoms with Gasteiger partial charge >= 0.3 is 11.9 Å². The van der Waals surface area contributed by atoms with Gasteiger partial charge in [0.05, 0.1) is 18.2 Å². The number of methoxy groups -OCH3 is 1. The first-order valence-electron chi connectivity index (χ1n) is 9.87. The molecular weight excluding hydrogens is 364 g/mol. The summed E-state index contributed by atoms with van der Waals surface area (Å²) in [6, 6.07) is 17.9. The number of fused-ring (bicyclic) bond motifs is 9. The van der Waals surface area contributed by atoms with E-state index in [0.717, 1.165) is 58.2 Å². The average molecular weight is 382 g/mol. The van der Waals surface area contributed by atoms with Gasteiger partial charge in [0.1, 0.15) is 0 Å². The van der Waals surface area contributed by atoms with Crippen LogP contribution in [0.2, 0.25) is 0 Å². The summed E-state index contributed by atoms with van der Waals surface area (Å²) in [7, 11) is 1.40.